The van der Waals surface area contributed by atoms with Gasteiger partial charge in [0.1, 0.15) is 0 Å². The Morgan fingerprint density at radius 1 is 1.62 bits per heavy atom. The van der Waals surface area contributed by atoms with Crippen molar-refractivity contribution in [3.05, 3.63) is 22.4 Å². The molecule has 1 rings (SSSR count). The highest BCUT2D eigenvalue weighted by Gasteiger charge is 1.93. The van der Waals surface area contributed by atoms with Gasteiger partial charge in [0.2, 0.25) is 0 Å². The SMILES string of the molecule is CCOCCCNC(N)=NCc1ccsc1. The van der Waals surface area contributed by atoms with Gasteiger partial charge in [-0.15, -0.1) is 0 Å². The molecule has 0 aromatic carbocycles. The van der Waals surface area contributed by atoms with Crippen LogP contribution in [0.4, 0.5) is 0 Å². The Morgan fingerprint density at radius 2 is 2.50 bits per heavy atom. The first-order chi connectivity index (χ1) is 7.83. The van der Waals surface area contributed by atoms with E-state index in [1.807, 2.05) is 12.3 Å². The average molecular weight is 241 g/mol. The summed E-state index contributed by atoms with van der Waals surface area (Å²) in [5.41, 5.74) is 6.90. The number of thiophene rings is 1. The minimum atomic E-state index is 0.502. The van der Waals surface area contributed by atoms with Gasteiger partial charge in [-0.2, -0.15) is 11.3 Å². The quantitative estimate of drug-likeness (QED) is 0.433. The summed E-state index contributed by atoms with van der Waals surface area (Å²) in [6.07, 6.45) is 0.947. The molecule has 90 valence electrons. The molecule has 1 aromatic rings. The minimum absolute atomic E-state index is 0.502. The Balaban J connectivity index is 2.09. The highest BCUT2D eigenvalue weighted by atomic mass is 32.1. The standard InChI is InChI=1S/C11H19N3OS/c1-2-15-6-3-5-13-11(12)14-8-10-4-7-16-9-10/h4,7,9H,2-3,5-6,8H2,1H3,(H3,12,13,14). The van der Waals surface area contributed by atoms with E-state index < -0.39 is 0 Å². The maximum atomic E-state index is 5.71. The Kier molecular flexibility index (Phi) is 6.60. The molecule has 3 N–H and O–H groups in total. The lowest BCUT2D eigenvalue weighted by atomic mass is 10.3. The first kappa shape index (κ1) is 13.0. The van der Waals surface area contributed by atoms with E-state index in [-0.39, 0.29) is 0 Å². The van der Waals surface area contributed by atoms with Crippen LogP contribution in [0.15, 0.2) is 21.8 Å². The van der Waals surface area contributed by atoms with Crippen molar-refractivity contribution in [2.24, 2.45) is 10.7 Å². The number of nitrogens with two attached hydrogens (primary N) is 1. The van der Waals surface area contributed by atoms with Gasteiger partial charge in [0.25, 0.3) is 0 Å². The van der Waals surface area contributed by atoms with Crippen molar-refractivity contribution in [2.75, 3.05) is 19.8 Å². The summed E-state index contributed by atoms with van der Waals surface area (Å²) in [5, 5.41) is 7.17. The number of guanidine groups is 1. The molecule has 0 aliphatic heterocycles. The van der Waals surface area contributed by atoms with Crippen LogP contribution in [0, 0.1) is 0 Å². The first-order valence-corrected chi connectivity index (χ1v) is 6.39. The second-order valence-electron chi connectivity index (χ2n) is 3.31. The van der Waals surface area contributed by atoms with Gasteiger partial charge in [0, 0.05) is 19.8 Å². The predicted molar refractivity (Wildman–Crippen MR) is 68.8 cm³/mol. The molecule has 1 aromatic heterocycles. The molecule has 0 bridgehead atoms. The van der Waals surface area contributed by atoms with E-state index in [4.69, 9.17) is 10.5 Å². The normalized spacial score (nSPS) is 11.7. The van der Waals surface area contributed by atoms with Gasteiger partial charge in [-0.3, -0.25) is 0 Å². The molecular formula is C11H19N3OS. The lowest BCUT2D eigenvalue weighted by Gasteiger charge is -2.05. The van der Waals surface area contributed by atoms with Gasteiger partial charge in [-0.05, 0) is 35.7 Å². The Hall–Kier alpha value is -1.07. The van der Waals surface area contributed by atoms with Crippen molar-refractivity contribution < 1.29 is 4.74 Å². The maximum absolute atomic E-state index is 5.71. The summed E-state index contributed by atoms with van der Waals surface area (Å²) < 4.78 is 5.21. The maximum Gasteiger partial charge on any atom is 0.188 e. The number of nitrogens with zero attached hydrogens (tertiary/aromatic N) is 1. The van der Waals surface area contributed by atoms with Crippen molar-refractivity contribution in [3.8, 4) is 0 Å². The van der Waals surface area contributed by atoms with Gasteiger partial charge >= 0.3 is 0 Å². The van der Waals surface area contributed by atoms with E-state index in [0.29, 0.717) is 12.5 Å². The third kappa shape index (κ3) is 5.72. The molecule has 0 radical (unpaired) electrons. The third-order valence-corrected chi connectivity index (χ3v) is 2.72. The zero-order valence-electron chi connectivity index (χ0n) is 9.61. The van der Waals surface area contributed by atoms with Crippen LogP contribution in [0.1, 0.15) is 18.9 Å². The van der Waals surface area contributed by atoms with E-state index in [2.05, 4.69) is 21.8 Å². The minimum Gasteiger partial charge on any atom is -0.382 e. The molecule has 0 saturated carbocycles. The van der Waals surface area contributed by atoms with Crippen LogP contribution in [0.2, 0.25) is 0 Å². The van der Waals surface area contributed by atoms with Crippen LogP contribution in [0.3, 0.4) is 0 Å². The topological polar surface area (TPSA) is 59.6 Å². The van der Waals surface area contributed by atoms with Crippen molar-refractivity contribution in [3.63, 3.8) is 0 Å². The summed E-state index contributed by atoms with van der Waals surface area (Å²) in [6.45, 7) is 4.97. The Bertz CT molecular complexity index is 298. The number of nitrogens with one attached hydrogen (secondary N) is 1. The zero-order chi connectivity index (χ0) is 11.6. The van der Waals surface area contributed by atoms with Crippen LogP contribution < -0.4 is 11.1 Å². The molecule has 4 nitrogen and oxygen atoms in total. The van der Waals surface area contributed by atoms with Gasteiger partial charge < -0.3 is 15.8 Å². The van der Waals surface area contributed by atoms with E-state index in [9.17, 15) is 0 Å². The molecule has 0 aliphatic rings. The van der Waals surface area contributed by atoms with E-state index in [0.717, 1.165) is 26.2 Å². The highest BCUT2D eigenvalue weighted by Crippen LogP contribution is 2.06. The number of ether oxygens (including phenoxy) is 1. The molecular weight excluding hydrogens is 222 g/mol. The highest BCUT2D eigenvalue weighted by molar-refractivity contribution is 7.07. The molecule has 0 spiro atoms. The molecule has 0 aliphatic carbocycles. The van der Waals surface area contributed by atoms with Crippen molar-refractivity contribution >= 4 is 17.3 Å². The zero-order valence-corrected chi connectivity index (χ0v) is 10.4. The summed E-state index contributed by atoms with van der Waals surface area (Å²) in [7, 11) is 0. The second-order valence-corrected chi connectivity index (χ2v) is 4.09. The molecule has 0 fully saturated rings. The molecule has 16 heavy (non-hydrogen) atoms. The fourth-order valence-electron chi connectivity index (χ4n) is 1.15. The summed E-state index contributed by atoms with van der Waals surface area (Å²) in [5.74, 6) is 0.502. The first-order valence-electron chi connectivity index (χ1n) is 5.45. The monoisotopic (exact) mass is 241 g/mol. The molecule has 1 heterocycles. The van der Waals surface area contributed by atoms with Crippen molar-refractivity contribution in [1.82, 2.24) is 5.32 Å². The van der Waals surface area contributed by atoms with Gasteiger partial charge in [0.05, 0.1) is 6.54 Å². The number of aliphatic imine (C=N–C) groups is 1. The van der Waals surface area contributed by atoms with Crippen LogP contribution >= 0.6 is 11.3 Å². The van der Waals surface area contributed by atoms with Crippen molar-refractivity contribution in [2.45, 2.75) is 19.9 Å². The second kappa shape index (κ2) is 8.13. The molecule has 5 heteroatoms. The fourth-order valence-corrected chi connectivity index (χ4v) is 1.81. The number of rotatable bonds is 7. The molecule has 0 unspecified atom stereocenters. The Morgan fingerprint density at radius 3 is 3.19 bits per heavy atom. The lowest BCUT2D eigenvalue weighted by Crippen LogP contribution is -2.32. The van der Waals surface area contributed by atoms with Crippen LogP contribution in [0.5, 0.6) is 0 Å². The number of hydrogen-bond acceptors (Lipinski definition) is 3. The average Bonchev–Trinajstić information content (AvgIpc) is 2.79. The summed E-state index contributed by atoms with van der Waals surface area (Å²) >= 11 is 1.67. The predicted octanol–water partition coefficient (Wildman–Crippen LogP) is 1.58. The number of hydrogen-bond donors (Lipinski definition) is 2. The largest absolute Gasteiger partial charge is 0.382 e. The Labute approximate surface area is 101 Å². The molecule has 0 saturated heterocycles. The smallest absolute Gasteiger partial charge is 0.188 e. The van der Waals surface area contributed by atoms with Gasteiger partial charge in [-0.1, -0.05) is 0 Å². The summed E-state index contributed by atoms with van der Waals surface area (Å²) in [6, 6.07) is 2.05. The van der Waals surface area contributed by atoms with E-state index >= 15 is 0 Å². The molecule has 0 amide bonds. The van der Waals surface area contributed by atoms with Gasteiger partial charge in [0.15, 0.2) is 5.96 Å². The van der Waals surface area contributed by atoms with E-state index in [1.54, 1.807) is 11.3 Å². The van der Waals surface area contributed by atoms with Crippen LogP contribution in [-0.2, 0) is 11.3 Å². The molecule has 0 atom stereocenters. The van der Waals surface area contributed by atoms with Crippen LogP contribution in [0.25, 0.3) is 0 Å². The van der Waals surface area contributed by atoms with Gasteiger partial charge in [-0.25, -0.2) is 4.99 Å². The van der Waals surface area contributed by atoms with Crippen LogP contribution in [-0.4, -0.2) is 25.7 Å². The summed E-state index contributed by atoms with van der Waals surface area (Å²) in [4.78, 5) is 4.23. The van der Waals surface area contributed by atoms with Crippen molar-refractivity contribution in [1.29, 1.82) is 0 Å². The fraction of sp³-hybridized carbons (Fsp3) is 0.545. The third-order valence-electron chi connectivity index (χ3n) is 1.99. The lowest BCUT2D eigenvalue weighted by molar-refractivity contribution is 0.145. The van der Waals surface area contributed by atoms with E-state index in [1.165, 1.54) is 5.56 Å².